The van der Waals surface area contributed by atoms with Gasteiger partial charge in [-0.25, -0.2) is 13.4 Å². The van der Waals surface area contributed by atoms with E-state index < -0.39 is 10.0 Å². The molecule has 174 valence electrons. The van der Waals surface area contributed by atoms with Gasteiger partial charge in [-0.3, -0.25) is 9.82 Å². The van der Waals surface area contributed by atoms with Crippen LogP contribution in [0.15, 0.2) is 58.1 Å². The molecule has 6 rings (SSSR count). The predicted molar refractivity (Wildman–Crippen MR) is 136 cm³/mol. The van der Waals surface area contributed by atoms with Crippen molar-refractivity contribution in [2.75, 3.05) is 42.8 Å². The van der Waals surface area contributed by atoms with Gasteiger partial charge in [0, 0.05) is 42.9 Å². The van der Waals surface area contributed by atoms with Crippen LogP contribution >= 0.6 is 11.3 Å². The van der Waals surface area contributed by atoms with Crippen LogP contribution in [0.2, 0.25) is 0 Å². The van der Waals surface area contributed by atoms with Crippen LogP contribution in [-0.4, -0.2) is 66.7 Å². The van der Waals surface area contributed by atoms with Gasteiger partial charge in [-0.2, -0.15) is 5.10 Å². The Morgan fingerprint density at radius 1 is 1.03 bits per heavy atom. The number of fused-ring (bicyclic) bond motifs is 2. The summed E-state index contributed by atoms with van der Waals surface area (Å²) >= 11 is 1.18. The Morgan fingerprint density at radius 3 is 2.68 bits per heavy atom. The number of hydrogen-bond acceptors (Lipinski definition) is 7. The molecule has 1 saturated heterocycles. The Kier molecular flexibility index (Phi) is 5.05. The maximum atomic E-state index is 12.6. The van der Waals surface area contributed by atoms with E-state index in [0.717, 1.165) is 48.1 Å². The molecule has 34 heavy (non-hydrogen) atoms. The van der Waals surface area contributed by atoms with E-state index in [-0.39, 0.29) is 4.21 Å². The van der Waals surface area contributed by atoms with Gasteiger partial charge in [0.1, 0.15) is 9.90 Å². The molecule has 1 fully saturated rings. The van der Waals surface area contributed by atoms with E-state index in [1.807, 2.05) is 12.1 Å². The summed E-state index contributed by atoms with van der Waals surface area (Å²) in [5.74, 6) is 0.634. The second kappa shape index (κ2) is 8.12. The smallest absolute Gasteiger partial charge is 0.271 e. The molecule has 0 spiro atoms. The number of piperazine rings is 1. The van der Waals surface area contributed by atoms with Crippen molar-refractivity contribution in [3.63, 3.8) is 0 Å². The highest BCUT2D eigenvalue weighted by Crippen LogP contribution is 2.30. The zero-order chi connectivity index (χ0) is 23.3. The quantitative estimate of drug-likeness (QED) is 0.344. The lowest BCUT2D eigenvalue weighted by Gasteiger charge is -2.34. The lowest BCUT2D eigenvalue weighted by Crippen LogP contribution is -2.44. The summed E-state index contributed by atoms with van der Waals surface area (Å²) < 4.78 is 28.2. The van der Waals surface area contributed by atoms with Crippen molar-refractivity contribution in [2.45, 2.75) is 4.21 Å². The van der Waals surface area contributed by atoms with Crippen molar-refractivity contribution in [1.82, 2.24) is 25.1 Å². The van der Waals surface area contributed by atoms with Crippen LogP contribution in [0.5, 0.6) is 0 Å². The van der Waals surface area contributed by atoms with Crippen LogP contribution in [0, 0.1) is 0 Å². The SMILES string of the molecule is CN1CCN(c2ccc3nc(-c4n[nH]c5ccc(NS(=O)(=O)c6cccs6)cc45)[nH]c3c2)CC1. The van der Waals surface area contributed by atoms with E-state index in [2.05, 4.69) is 48.9 Å². The van der Waals surface area contributed by atoms with Crippen LogP contribution in [0.4, 0.5) is 11.4 Å². The summed E-state index contributed by atoms with van der Waals surface area (Å²) in [5.41, 5.74) is 4.89. The molecule has 0 amide bonds. The number of sulfonamides is 1. The van der Waals surface area contributed by atoms with Gasteiger partial charge in [-0.1, -0.05) is 6.07 Å². The highest BCUT2D eigenvalue weighted by atomic mass is 32.2. The minimum Gasteiger partial charge on any atom is -0.369 e. The lowest BCUT2D eigenvalue weighted by atomic mass is 10.2. The molecule has 11 heteroatoms. The summed E-state index contributed by atoms with van der Waals surface area (Å²) in [4.78, 5) is 12.9. The molecule has 1 aliphatic rings. The monoisotopic (exact) mass is 493 g/mol. The van der Waals surface area contributed by atoms with Gasteiger partial charge in [-0.05, 0) is 54.9 Å². The van der Waals surface area contributed by atoms with Crippen LogP contribution in [0.3, 0.4) is 0 Å². The number of imidazole rings is 1. The molecule has 3 N–H and O–H groups in total. The Bertz CT molecular complexity index is 1580. The van der Waals surface area contributed by atoms with Gasteiger partial charge in [0.25, 0.3) is 10.0 Å². The van der Waals surface area contributed by atoms with Gasteiger partial charge in [0.15, 0.2) is 5.82 Å². The summed E-state index contributed by atoms with van der Waals surface area (Å²) in [6.45, 7) is 4.09. The third kappa shape index (κ3) is 3.81. The van der Waals surface area contributed by atoms with Crippen molar-refractivity contribution >= 4 is 54.7 Å². The molecule has 9 nitrogen and oxygen atoms in total. The van der Waals surface area contributed by atoms with Crippen molar-refractivity contribution in [2.24, 2.45) is 0 Å². The van der Waals surface area contributed by atoms with Crippen LogP contribution in [0.25, 0.3) is 33.5 Å². The molecule has 0 radical (unpaired) electrons. The van der Waals surface area contributed by atoms with Gasteiger partial charge in [0.05, 0.1) is 16.6 Å². The number of nitrogens with zero attached hydrogens (tertiary/aromatic N) is 4. The summed E-state index contributed by atoms with van der Waals surface area (Å²) in [5, 5.41) is 10.00. The zero-order valence-electron chi connectivity index (χ0n) is 18.4. The third-order valence-corrected chi connectivity index (χ3v) is 8.91. The number of likely N-dealkylation sites (N-methyl/N-ethyl adjacent to an activating group) is 1. The average Bonchev–Trinajstić information content (AvgIpc) is 3.58. The van der Waals surface area contributed by atoms with Crippen LogP contribution in [-0.2, 0) is 10.0 Å². The molecule has 0 saturated carbocycles. The molecule has 3 aromatic heterocycles. The number of benzene rings is 2. The number of thiophene rings is 1. The van der Waals surface area contributed by atoms with Crippen LogP contribution < -0.4 is 9.62 Å². The number of H-pyrrole nitrogens is 2. The van der Waals surface area contributed by atoms with E-state index in [4.69, 9.17) is 4.98 Å². The molecule has 0 aliphatic carbocycles. The molecule has 2 aromatic carbocycles. The number of anilines is 2. The van der Waals surface area contributed by atoms with Crippen molar-refractivity contribution in [3.8, 4) is 11.5 Å². The minimum absolute atomic E-state index is 0.272. The van der Waals surface area contributed by atoms with E-state index in [9.17, 15) is 8.42 Å². The van der Waals surface area contributed by atoms with E-state index >= 15 is 0 Å². The standard InChI is InChI=1S/C23H23N7O2S2/c1-29-8-10-30(11-9-29)16-5-7-19-20(14-16)25-23(24-19)22-17-13-15(4-6-18(17)26-27-22)28-34(31,32)21-3-2-12-33-21/h2-7,12-14,28H,8-11H2,1H3,(H,24,25)(H,26,27). The summed E-state index contributed by atoms with van der Waals surface area (Å²) in [6, 6.07) is 14.9. The van der Waals surface area contributed by atoms with E-state index in [1.165, 1.54) is 17.0 Å². The maximum absolute atomic E-state index is 12.6. The first-order valence-electron chi connectivity index (χ1n) is 10.9. The molecule has 5 aromatic rings. The molecule has 0 atom stereocenters. The topological polar surface area (TPSA) is 110 Å². The number of hydrogen-bond donors (Lipinski definition) is 3. The molecular formula is C23H23N7O2S2. The molecular weight excluding hydrogens is 470 g/mol. The first-order valence-corrected chi connectivity index (χ1v) is 13.3. The highest BCUT2D eigenvalue weighted by molar-refractivity contribution is 7.94. The largest absolute Gasteiger partial charge is 0.369 e. The van der Waals surface area contributed by atoms with Crippen molar-refractivity contribution in [1.29, 1.82) is 0 Å². The highest BCUT2D eigenvalue weighted by Gasteiger charge is 2.19. The molecule has 4 heterocycles. The van der Waals surface area contributed by atoms with Crippen molar-refractivity contribution < 1.29 is 8.42 Å². The van der Waals surface area contributed by atoms with E-state index in [1.54, 1.807) is 29.6 Å². The predicted octanol–water partition coefficient (Wildman–Crippen LogP) is 3.72. The number of nitrogens with one attached hydrogen (secondary N) is 3. The van der Waals surface area contributed by atoms with Crippen LogP contribution in [0.1, 0.15) is 0 Å². The molecule has 0 unspecified atom stereocenters. The average molecular weight is 494 g/mol. The third-order valence-electron chi connectivity index (χ3n) is 6.13. The number of aromatic amines is 2. The first kappa shape index (κ1) is 21.1. The second-order valence-corrected chi connectivity index (χ2v) is 11.3. The fourth-order valence-corrected chi connectivity index (χ4v) is 6.29. The summed E-state index contributed by atoms with van der Waals surface area (Å²) in [7, 11) is -1.48. The van der Waals surface area contributed by atoms with Crippen molar-refractivity contribution in [3.05, 3.63) is 53.9 Å². The van der Waals surface area contributed by atoms with Gasteiger partial charge in [0.2, 0.25) is 0 Å². The first-order chi connectivity index (χ1) is 16.5. The van der Waals surface area contributed by atoms with Gasteiger partial charge < -0.3 is 14.8 Å². The number of aromatic nitrogens is 4. The summed E-state index contributed by atoms with van der Waals surface area (Å²) in [6.07, 6.45) is 0. The fraction of sp³-hybridized carbons (Fsp3) is 0.217. The second-order valence-electron chi connectivity index (χ2n) is 8.45. The zero-order valence-corrected chi connectivity index (χ0v) is 20.1. The van der Waals surface area contributed by atoms with Gasteiger partial charge in [-0.15, -0.1) is 11.3 Å². The Balaban J connectivity index is 1.33. The maximum Gasteiger partial charge on any atom is 0.271 e. The van der Waals surface area contributed by atoms with Gasteiger partial charge >= 0.3 is 0 Å². The fourth-order valence-electron chi connectivity index (χ4n) is 4.25. The normalized spacial score (nSPS) is 15.4. The number of rotatable bonds is 5. The Labute approximate surface area is 200 Å². The van der Waals surface area contributed by atoms with E-state index in [0.29, 0.717) is 17.2 Å². The minimum atomic E-state index is -3.63. The molecule has 1 aliphatic heterocycles. The lowest BCUT2D eigenvalue weighted by molar-refractivity contribution is 0.313. The Hall–Kier alpha value is -3.41. The Morgan fingerprint density at radius 2 is 1.88 bits per heavy atom. The molecule has 0 bridgehead atoms.